The molecule has 18 heavy (non-hydrogen) atoms. The van der Waals surface area contributed by atoms with Gasteiger partial charge in [0.2, 0.25) is 0 Å². The van der Waals surface area contributed by atoms with Crippen molar-refractivity contribution in [1.29, 1.82) is 0 Å². The molecule has 0 spiro atoms. The van der Waals surface area contributed by atoms with Crippen LogP contribution in [0.4, 0.5) is 4.39 Å². The van der Waals surface area contributed by atoms with Crippen LogP contribution in [0.1, 0.15) is 5.56 Å². The fourth-order valence-corrected chi connectivity index (χ4v) is 2.94. The summed E-state index contributed by atoms with van der Waals surface area (Å²) in [6, 6.07) is 12.6. The van der Waals surface area contributed by atoms with Gasteiger partial charge in [-0.2, -0.15) is 0 Å². The van der Waals surface area contributed by atoms with Gasteiger partial charge in [-0.1, -0.05) is 41.6 Å². The minimum atomic E-state index is -0.211. The van der Waals surface area contributed by atoms with Gasteiger partial charge in [0, 0.05) is 15.4 Å². The first kappa shape index (κ1) is 13.4. The monoisotopic (exact) mass is 281 g/mol. The SMILES string of the molecule is NCCc1c(F)cccc1Sc1ccccc1Cl. The Labute approximate surface area is 115 Å². The Balaban J connectivity index is 2.34. The first-order valence-electron chi connectivity index (χ1n) is 5.62. The molecule has 0 unspecified atom stereocenters. The van der Waals surface area contributed by atoms with Crippen LogP contribution in [-0.4, -0.2) is 6.54 Å². The summed E-state index contributed by atoms with van der Waals surface area (Å²) in [5.74, 6) is -0.211. The Kier molecular flexibility index (Phi) is 4.64. The number of halogens is 2. The van der Waals surface area contributed by atoms with Crippen LogP contribution in [0.2, 0.25) is 5.02 Å². The van der Waals surface area contributed by atoms with E-state index in [0.717, 1.165) is 9.79 Å². The number of hydrogen-bond acceptors (Lipinski definition) is 2. The summed E-state index contributed by atoms with van der Waals surface area (Å²) >= 11 is 7.57. The maximum Gasteiger partial charge on any atom is 0.127 e. The van der Waals surface area contributed by atoms with Crippen molar-refractivity contribution in [2.45, 2.75) is 16.2 Å². The van der Waals surface area contributed by atoms with E-state index in [1.165, 1.54) is 17.8 Å². The fraction of sp³-hybridized carbons (Fsp3) is 0.143. The second-order valence-corrected chi connectivity index (χ2v) is 5.28. The minimum Gasteiger partial charge on any atom is -0.330 e. The van der Waals surface area contributed by atoms with Crippen LogP contribution in [-0.2, 0) is 6.42 Å². The Bertz CT molecular complexity index is 545. The van der Waals surface area contributed by atoms with Crippen molar-refractivity contribution in [3.05, 3.63) is 58.9 Å². The third-order valence-corrected chi connectivity index (χ3v) is 4.15. The van der Waals surface area contributed by atoms with Crippen LogP contribution >= 0.6 is 23.4 Å². The topological polar surface area (TPSA) is 26.0 Å². The molecule has 0 fully saturated rings. The summed E-state index contributed by atoms with van der Waals surface area (Å²) in [6.45, 7) is 0.428. The van der Waals surface area contributed by atoms with E-state index < -0.39 is 0 Å². The lowest BCUT2D eigenvalue weighted by molar-refractivity contribution is 0.603. The predicted octanol–water partition coefficient (Wildman–Crippen LogP) is 4.13. The maximum atomic E-state index is 13.7. The summed E-state index contributed by atoms with van der Waals surface area (Å²) < 4.78 is 13.7. The highest BCUT2D eigenvalue weighted by molar-refractivity contribution is 7.99. The van der Waals surface area contributed by atoms with Crippen LogP contribution in [0, 0.1) is 5.82 Å². The van der Waals surface area contributed by atoms with Gasteiger partial charge in [0.1, 0.15) is 5.82 Å². The second kappa shape index (κ2) is 6.23. The van der Waals surface area contributed by atoms with Gasteiger partial charge in [0.15, 0.2) is 0 Å². The molecule has 2 aromatic carbocycles. The first-order valence-corrected chi connectivity index (χ1v) is 6.81. The Morgan fingerprint density at radius 2 is 1.78 bits per heavy atom. The maximum absolute atomic E-state index is 13.7. The first-order chi connectivity index (χ1) is 8.72. The highest BCUT2D eigenvalue weighted by Crippen LogP contribution is 2.35. The van der Waals surface area contributed by atoms with Gasteiger partial charge in [0.25, 0.3) is 0 Å². The van der Waals surface area contributed by atoms with Crippen molar-refractivity contribution in [3.63, 3.8) is 0 Å². The molecule has 0 atom stereocenters. The van der Waals surface area contributed by atoms with Crippen LogP contribution in [0.15, 0.2) is 52.3 Å². The molecule has 0 saturated heterocycles. The smallest absolute Gasteiger partial charge is 0.127 e. The summed E-state index contributed by atoms with van der Waals surface area (Å²) in [5.41, 5.74) is 6.18. The molecule has 2 aromatic rings. The molecule has 0 radical (unpaired) electrons. The largest absolute Gasteiger partial charge is 0.330 e. The Morgan fingerprint density at radius 1 is 1.06 bits per heavy atom. The quantitative estimate of drug-likeness (QED) is 0.912. The van der Waals surface area contributed by atoms with E-state index in [2.05, 4.69) is 0 Å². The number of rotatable bonds is 4. The predicted molar refractivity (Wildman–Crippen MR) is 74.7 cm³/mol. The Morgan fingerprint density at radius 3 is 2.50 bits per heavy atom. The van der Waals surface area contributed by atoms with Gasteiger partial charge in [-0.25, -0.2) is 4.39 Å². The van der Waals surface area contributed by atoms with Gasteiger partial charge >= 0.3 is 0 Å². The molecule has 0 amide bonds. The van der Waals surface area contributed by atoms with Crippen molar-refractivity contribution in [3.8, 4) is 0 Å². The molecule has 0 bridgehead atoms. The van der Waals surface area contributed by atoms with E-state index in [9.17, 15) is 4.39 Å². The third kappa shape index (κ3) is 3.05. The van der Waals surface area contributed by atoms with E-state index in [1.54, 1.807) is 6.07 Å². The summed E-state index contributed by atoms with van der Waals surface area (Å²) in [6.07, 6.45) is 0.527. The lowest BCUT2D eigenvalue weighted by Gasteiger charge is -2.10. The normalized spacial score (nSPS) is 10.6. The van der Waals surface area contributed by atoms with Gasteiger partial charge in [0.05, 0.1) is 5.02 Å². The second-order valence-electron chi connectivity index (χ2n) is 3.79. The van der Waals surface area contributed by atoms with Crippen molar-refractivity contribution in [2.75, 3.05) is 6.54 Å². The fourth-order valence-electron chi connectivity index (χ4n) is 1.67. The average Bonchev–Trinajstić information content (AvgIpc) is 2.36. The molecule has 0 aliphatic rings. The Hall–Kier alpha value is -1.03. The van der Waals surface area contributed by atoms with Crippen LogP contribution < -0.4 is 5.73 Å². The van der Waals surface area contributed by atoms with Gasteiger partial charge < -0.3 is 5.73 Å². The number of benzene rings is 2. The zero-order valence-electron chi connectivity index (χ0n) is 9.70. The van der Waals surface area contributed by atoms with Crippen molar-refractivity contribution < 1.29 is 4.39 Å². The van der Waals surface area contributed by atoms with Gasteiger partial charge in [-0.05, 0) is 37.2 Å². The molecule has 1 nitrogen and oxygen atoms in total. The standard InChI is InChI=1S/C14H13ClFNS/c15-11-4-1-2-6-14(11)18-13-7-3-5-12(16)10(13)8-9-17/h1-7H,8-9,17H2. The molecule has 0 aliphatic heterocycles. The molecule has 4 heteroatoms. The highest BCUT2D eigenvalue weighted by Gasteiger charge is 2.10. The molecule has 94 valence electrons. The average molecular weight is 282 g/mol. The van der Waals surface area contributed by atoms with Crippen molar-refractivity contribution in [1.82, 2.24) is 0 Å². The molecule has 0 heterocycles. The van der Waals surface area contributed by atoms with Gasteiger partial charge in [-0.15, -0.1) is 0 Å². The summed E-state index contributed by atoms with van der Waals surface area (Å²) in [4.78, 5) is 1.79. The van der Waals surface area contributed by atoms with Gasteiger partial charge in [-0.3, -0.25) is 0 Å². The van der Waals surface area contributed by atoms with E-state index in [0.29, 0.717) is 23.6 Å². The van der Waals surface area contributed by atoms with Crippen molar-refractivity contribution in [2.24, 2.45) is 5.73 Å². The van der Waals surface area contributed by atoms with Crippen LogP contribution in [0.25, 0.3) is 0 Å². The molecule has 0 aliphatic carbocycles. The van der Waals surface area contributed by atoms with Crippen LogP contribution in [0.3, 0.4) is 0 Å². The lowest BCUT2D eigenvalue weighted by Crippen LogP contribution is -2.05. The highest BCUT2D eigenvalue weighted by atomic mass is 35.5. The summed E-state index contributed by atoms with van der Waals surface area (Å²) in [5, 5.41) is 0.672. The molecular formula is C14H13ClFNS. The molecule has 2 N–H and O–H groups in total. The van der Waals surface area contributed by atoms with E-state index in [1.807, 2.05) is 30.3 Å². The molecular weight excluding hydrogens is 269 g/mol. The van der Waals surface area contributed by atoms with E-state index in [-0.39, 0.29) is 5.82 Å². The van der Waals surface area contributed by atoms with Crippen LogP contribution in [0.5, 0.6) is 0 Å². The number of nitrogens with two attached hydrogens (primary N) is 1. The third-order valence-electron chi connectivity index (χ3n) is 2.53. The van der Waals surface area contributed by atoms with E-state index in [4.69, 9.17) is 17.3 Å². The minimum absolute atomic E-state index is 0.211. The zero-order valence-corrected chi connectivity index (χ0v) is 11.3. The van der Waals surface area contributed by atoms with E-state index >= 15 is 0 Å². The molecule has 0 saturated carbocycles. The molecule has 2 rings (SSSR count). The van der Waals surface area contributed by atoms with Crippen molar-refractivity contribution >= 4 is 23.4 Å². The lowest BCUT2D eigenvalue weighted by atomic mass is 10.1. The zero-order chi connectivity index (χ0) is 13.0. The number of hydrogen-bond donors (Lipinski definition) is 1. The summed E-state index contributed by atoms with van der Waals surface area (Å²) in [7, 11) is 0. The molecule has 0 aromatic heterocycles.